The van der Waals surface area contributed by atoms with E-state index in [1.54, 1.807) is 57.2 Å². The normalized spacial score (nSPS) is 18.1. The molecule has 10 nitrogen and oxygen atoms in total. The lowest BCUT2D eigenvalue weighted by molar-refractivity contribution is -0.154. The van der Waals surface area contributed by atoms with Crippen LogP contribution in [0, 0.1) is 0 Å². The maximum atomic E-state index is 14.1. The number of benzene rings is 3. The molecule has 2 aliphatic heterocycles. The quantitative estimate of drug-likeness (QED) is 0.221. The van der Waals surface area contributed by atoms with Gasteiger partial charge in [0, 0.05) is 19.8 Å². The summed E-state index contributed by atoms with van der Waals surface area (Å²) in [5, 5.41) is 4.90. The molecular weight excluding hydrogens is 628 g/mol. The maximum Gasteiger partial charge on any atom is 0.408 e. The van der Waals surface area contributed by atoms with Gasteiger partial charge in [0.1, 0.15) is 28.8 Å². The smallest absolute Gasteiger partial charge is 0.408 e. The SMILES string of the molecule is CN(C)C=CC1=C(C(=O)OC(c2ccccc2)c2ccccc2)N2C(=O)C(NC(=O)C(NC(=O)OC(C)(C)C)c3ccccc3)C2SC1. The fourth-order valence-corrected chi connectivity index (χ4v) is 6.67. The van der Waals surface area contributed by atoms with Gasteiger partial charge in [-0.25, -0.2) is 9.59 Å². The lowest BCUT2D eigenvalue weighted by Crippen LogP contribution is -2.71. The second kappa shape index (κ2) is 14.8. The third-order valence-electron chi connectivity index (χ3n) is 7.55. The lowest BCUT2D eigenvalue weighted by Gasteiger charge is -2.49. The molecule has 250 valence electrons. The third kappa shape index (κ3) is 8.09. The summed E-state index contributed by atoms with van der Waals surface area (Å²) in [5.74, 6) is -1.29. The number of ether oxygens (including phenoxy) is 2. The fourth-order valence-electron chi connectivity index (χ4n) is 5.35. The van der Waals surface area contributed by atoms with Gasteiger partial charge in [0.2, 0.25) is 5.91 Å². The van der Waals surface area contributed by atoms with Crippen molar-refractivity contribution in [1.82, 2.24) is 20.4 Å². The molecule has 0 bridgehead atoms. The van der Waals surface area contributed by atoms with Gasteiger partial charge >= 0.3 is 12.1 Å². The molecule has 2 heterocycles. The van der Waals surface area contributed by atoms with Gasteiger partial charge in [-0.15, -0.1) is 11.8 Å². The second-order valence-electron chi connectivity index (χ2n) is 12.6. The van der Waals surface area contributed by atoms with E-state index in [0.717, 1.165) is 11.1 Å². The van der Waals surface area contributed by atoms with Crippen LogP contribution in [0.2, 0.25) is 0 Å². The highest BCUT2D eigenvalue weighted by Crippen LogP contribution is 2.42. The van der Waals surface area contributed by atoms with Gasteiger partial charge in [-0.1, -0.05) is 91.0 Å². The first-order valence-electron chi connectivity index (χ1n) is 15.6. The molecule has 0 saturated carbocycles. The van der Waals surface area contributed by atoms with E-state index in [0.29, 0.717) is 16.9 Å². The molecule has 3 aromatic rings. The van der Waals surface area contributed by atoms with Crippen molar-refractivity contribution >= 4 is 35.6 Å². The highest BCUT2D eigenvalue weighted by Gasteiger charge is 2.55. The number of fused-ring (bicyclic) bond motifs is 1. The highest BCUT2D eigenvalue weighted by molar-refractivity contribution is 8.00. The second-order valence-corrected chi connectivity index (χ2v) is 13.8. The van der Waals surface area contributed by atoms with E-state index in [2.05, 4.69) is 10.6 Å². The van der Waals surface area contributed by atoms with Crippen molar-refractivity contribution in [2.45, 2.75) is 49.9 Å². The van der Waals surface area contributed by atoms with Crippen LogP contribution in [0.15, 0.2) is 115 Å². The number of allylic oxidation sites excluding steroid dienone is 1. The van der Waals surface area contributed by atoms with Crippen molar-refractivity contribution in [2.24, 2.45) is 0 Å². The third-order valence-corrected chi connectivity index (χ3v) is 8.85. The first-order valence-corrected chi connectivity index (χ1v) is 16.7. The number of esters is 1. The van der Waals surface area contributed by atoms with Gasteiger partial charge in [0.05, 0.1) is 0 Å². The van der Waals surface area contributed by atoms with Crippen molar-refractivity contribution in [1.29, 1.82) is 0 Å². The van der Waals surface area contributed by atoms with Gasteiger partial charge in [0.15, 0.2) is 6.10 Å². The molecule has 0 aromatic heterocycles. The number of amides is 3. The molecule has 1 saturated heterocycles. The topological polar surface area (TPSA) is 117 Å². The minimum atomic E-state index is -1.12. The van der Waals surface area contributed by atoms with Crippen molar-refractivity contribution in [3.05, 3.63) is 131 Å². The molecule has 11 heteroatoms. The van der Waals surface area contributed by atoms with Crippen LogP contribution in [0.1, 0.15) is 49.6 Å². The Morgan fingerprint density at radius 1 is 0.896 bits per heavy atom. The van der Waals surface area contributed by atoms with E-state index in [4.69, 9.17) is 9.47 Å². The predicted octanol–water partition coefficient (Wildman–Crippen LogP) is 5.31. The molecule has 0 radical (unpaired) electrons. The van der Waals surface area contributed by atoms with Crippen LogP contribution in [0.25, 0.3) is 0 Å². The molecule has 5 rings (SSSR count). The summed E-state index contributed by atoms with van der Waals surface area (Å²) in [7, 11) is 3.73. The molecule has 2 N–H and O–H groups in total. The first kappa shape index (κ1) is 34.3. The van der Waals surface area contributed by atoms with Gasteiger partial charge < -0.3 is 25.0 Å². The van der Waals surface area contributed by atoms with Crippen LogP contribution in [-0.2, 0) is 23.9 Å². The van der Waals surface area contributed by atoms with E-state index in [-0.39, 0.29) is 5.70 Å². The van der Waals surface area contributed by atoms with E-state index in [9.17, 15) is 19.2 Å². The van der Waals surface area contributed by atoms with Crippen molar-refractivity contribution in [2.75, 3.05) is 19.8 Å². The van der Waals surface area contributed by atoms with Gasteiger partial charge in [-0.2, -0.15) is 0 Å². The standard InChI is InChI=1S/C37H40N4O6S/c1-37(2,3)47-36(45)39-28(24-15-9-6-10-16-24)32(42)38-29-33(43)41-30(27(21-22-40(4)5)23-48-34(29)41)35(44)46-31(25-17-11-7-12-18-25)26-19-13-8-14-20-26/h6-22,28-29,31,34H,23H2,1-5H3,(H,38,42)(H,39,45). The number of thioether (sulfide) groups is 1. The van der Waals surface area contributed by atoms with Crippen LogP contribution in [0.3, 0.4) is 0 Å². The summed E-state index contributed by atoms with van der Waals surface area (Å²) in [5.41, 5.74) is 2.08. The van der Waals surface area contributed by atoms with Crippen molar-refractivity contribution < 1.29 is 28.7 Å². The monoisotopic (exact) mass is 668 g/mol. The summed E-state index contributed by atoms with van der Waals surface area (Å²) in [6.45, 7) is 5.18. The Morgan fingerprint density at radius 2 is 1.44 bits per heavy atom. The number of β-lactam (4-membered cyclic amide) rings is 1. The molecule has 0 spiro atoms. The van der Waals surface area contributed by atoms with E-state index >= 15 is 0 Å². The van der Waals surface area contributed by atoms with Crippen LogP contribution in [0.4, 0.5) is 4.79 Å². The number of nitrogens with zero attached hydrogens (tertiary/aromatic N) is 2. The van der Waals surface area contributed by atoms with Crippen molar-refractivity contribution in [3.63, 3.8) is 0 Å². The minimum Gasteiger partial charge on any atom is -0.448 e. The van der Waals surface area contributed by atoms with E-state index in [1.807, 2.05) is 85.9 Å². The fraction of sp³-hybridized carbons (Fsp3) is 0.297. The van der Waals surface area contributed by atoms with Gasteiger partial charge in [0.25, 0.3) is 5.91 Å². The Balaban J connectivity index is 1.40. The number of carbonyl (C=O) groups excluding carboxylic acids is 4. The minimum absolute atomic E-state index is 0.135. The van der Waals surface area contributed by atoms with E-state index in [1.165, 1.54) is 16.7 Å². The summed E-state index contributed by atoms with van der Waals surface area (Å²) in [6.07, 6.45) is 2.13. The Labute approximate surface area is 285 Å². The molecular formula is C37H40N4O6S. The highest BCUT2D eigenvalue weighted by atomic mass is 32.2. The maximum absolute atomic E-state index is 14.1. The average Bonchev–Trinajstić information content (AvgIpc) is 3.07. The van der Waals surface area contributed by atoms with Gasteiger partial charge in [-0.05, 0) is 55.3 Å². The van der Waals surface area contributed by atoms with Crippen molar-refractivity contribution in [3.8, 4) is 0 Å². The Bertz CT molecular complexity index is 1650. The largest absolute Gasteiger partial charge is 0.448 e. The number of rotatable bonds is 10. The van der Waals surface area contributed by atoms with Crippen LogP contribution in [-0.4, -0.2) is 70.5 Å². The summed E-state index contributed by atoms with van der Waals surface area (Å²) in [6, 6.07) is 25.5. The zero-order valence-corrected chi connectivity index (χ0v) is 28.4. The molecule has 1 fully saturated rings. The Hall–Kier alpha value is -5.03. The Kier molecular flexibility index (Phi) is 10.6. The number of hydrogen-bond donors (Lipinski definition) is 2. The van der Waals surface area contributed by atoms with Gasteiger partial charge in [-0.3, -0.25) is 14.5 Å². The summed E-state index contributed by atoms with van der Waals surface area (Å²) < 4.78 is 11.6. The first-order chi connectivity index (χ1) is 22.9. The molecule has 3 amide bonds. The molecule has 3 unspecified atom stereocenters. The average molecular weight is 669 g/mol. The molecule has 2 aliphatic rings. The van der Waals surface area contributed by atoms with Crippen LogP contribution in [0.5, 0.6) is 0 Å². The number of carbonyl (C=O) groups is 4. The zero-order chi connectivity index (χ0) is 34.4. The zero-order valence-electron chi connectivity index (χ0n) is 27.6. The van der Waals surface area contributed by atoms with Crippen LogP contribution >= 0.6 is 11.8 Å². The molecule has 3 aromatic carbocycles. The molecule has 48 heavy (non-hydrogen) atoms. The Morgan fingerprint density at radius 3 is 1.96 bits per heavy atom. The van der Waals surface area contributed by atoms with Crippen LogP contribution < -0.4 is 10.6 Å². The lowest BCUT2D eigenvalue weighted by atomic mass is 10.00. The predicted molar refractivity (Wildman–Crippen MR) is 184 cm³/mol. The number of nitrogens with one attached hydrogen (secondary N) is 2. The number of alkyl carbamates (subject to hydrolysis) is 1. The molecule has 3 atom stereocenters. The van der Waals surface area contributed by atoms with E-state index < -0.39 is 53.0 Å². The summed E-state index contributed by atoms with van der Waals surface area (Å²) >= 11 is 1.43. The molecule has 0 aliphatic carbocycles. The summed E-state index contributed by atoms with van der Waals surface area (Å²) in [4.78, 5) is 57.6. The number of hydrogen-bond acceptors (Lipinski definition) is 8.